The summed E-state index contributed by atoms with van der Waals surface area (Å²) in [6, 6.07) is 0.132. The van der Waals surface area contributed by atoms with Crippen molar-refractivity contribution in [3.05, 3.63) is 15.6 Å². The number of hydrogen-bond donors (Lipinski definition) is 2. The molecule has 0 aliphatic carbocycles. The normalized spacial score (nSPS) is 13.4. The van der Waals surface area contributed by atoms with Gasteiger partial charge in [-0.1, -0.05) is 0 Å². The van der Waals surface area contributed by atoms with Gasteiger partial charge in [0.15, 0.2) is 0 Å². The Morgan fingerprint density at radius 2 is 2.12 bits per heavy atom. The highest BCUT2D eigenvalue weighted by atomic mass is 32.1. The average molecular weight is 243 g/mol. The summed E-state index contributed by atoms with van der Waals surface area (Å²) >= 11 is 1.73. The van der Waals surface area contributed by atoms with Crippen LogP contribution in [0.15, 0.2) is 0 Å². The fraction of sp³-hybridized carbons (Fsp3) is 0.727. The van der Waals surface area contributed by atoms with Crippen LogP contribution in [0.25, 0.3) is 0 Å². The summed E-state index contributed by atoms with van der Waals surface area (Å²) in [5.41, 5.74) is 3.89. The Kier molecular flexibility index (Phi) is 5.34. The lowest BCUT2D eigenvalue weighted by molar-refractivity contribution is 0.0613. The van der Waals surface area contributed by atoms with Gasteiger partial charge in [-0.25, -0.2) is 4.98 Å². The maximum atomic E-state index is 5.54. The van der Waals surface area contributed by atoms with Crippen LogP contribution < -0.4 is 11.3 Å². The molecule has 0 aliphatic rings. The van der Waals surface area contributed by atoms with Crippen molar-refractivity contribution in [1.29, 1.82) is 0 Å². The number of thiazole rings is 1. The first-order valence-electron chi connectivity index (χ1n) is 5.53. The predicted molar refractivity (Wildman–Crippen MR) is 67.5 cm³/mol. The second-order valence-corrected chi connectivity index (χ2v) is 5.49. The van der Waals surface area contributed by atoms with E-state index in [9.17, 15) is 0 Å². The van der Waals surface area contributed by atoms with E-state index in [1.54, 1.807) is 11.3 Å². The number of nitrogens with two attached hydrogens (primary N) is 1. The van der Waals surface area contributed by atoms with Crippen molar-refractivity contribution < 1.29 is 4.74 Å². The summed E-state index contributed by atoms with van der Waals surface area (Å²) < 4.78 is 5.54. The van der Waals surface area contributed by atoms with Gasteiger partial charge in [0.1, 0.15) is 0 Å². The van der Waals surface area contributed by atoms with Gasteiger partial charge in [-0.15, -0.1) is 11.3 Å². The van der Waals surface area contributed by atoms with Crippen molar-refractivity contribution in [1.82, 2.24) is 10.4 Å². The molecular formula is C11H21N3OS. The van der Waals surface area contributed by atoms with Crippen molar-refractivity contribution in [2.75, 3.05) is 6.61 Å². The summed E-state index contributed by atoms with van der Waals surface area (Å²) in [6.45, 7) is 8.78. The Morgan fingerprint density at radius 3 is 2.56 bits per heavy atom. The minimum absolute atomic E-state index is 0.132. The van der Waals surface area contributed by atoms with Crippen molar-refractivity contribution in [2.24, 2.45) is 5.84 Å². The third-order valence-corrected chi connectivity index (χ3v) is 3.46. The molecule has 0 amide bonds. The smallest absolute Gasteiger partial charge is 0.0947 e. The molecule has 3 N–H and O–H groups in total. The van der Waals surface area contributed by atoms with E-state index in [1.807, 2.05) is 20.8 Å². The number of ether oxygens (including phenoxy) is 1. The molecule has 0 saturated heterocycles. The van der Waals surface area contributed by atoms with E-state index in [1.165, 1.54) is 4.88 Å². The predicted octanol–water partition coefficient (Wildman–Crippen LogP) is 1.56. The third kappa shape index (κ3) is 4.17. The maximum absolute atomic E-state index is 5.54. The number of nitrogens with zero attached hydrogens (tertiary/aromatic N) is 1. The molecular weight excluding hydrogens is 222 g/mol. The van der Waals surface area contributed by atoms with E-state index < -0.39 is 0 Å². The SMILES string of the molecule is Cc1nc(CC(COC(C)C)NN)sc1C. The lowest BCUT2D eigenvalue weighted by Crippen LogP contribution is -2.40. The van der Waals surface area contributed by atoms with Crippen molar-refractivity contribution in [3.8, 4) is 0 Å². The van der Waals surface area contributed by atoms with Crippen molar-refractivity contribution in [3.63, 3.8) is 0 Å². The molecule has 5 heteroatoms. The average Bonchev–Trinajstić information content (AvgIpc) is 2.52. The van der Waals surface area contributed by atoms with Gasteiger partial charge in [0.25, 0.3) is 0 Å². The molecule has 0 saturated carbocycles. The number of nitrogens with one attached hydrogen (secondary N) is 1. The zero-order valence-electron chi connectivity index (χ0n) is 10.4. The second kappa shape index (κ2) is 6.30. The fourth-order valence-electron chi connectivity index (χ4n) is 1.31. The molecule has 1 aromatic heterocycles. The molecule has 1 atom stereocenters. The van der Waals surface area contributed by atoms with E-state index in [-0.39, 0.29) is 12.1 Å². The van der Waals surface area contributed by atoms with Crippen molar-refractivity contribution >= 4 is 11.3 Å². The van der Waals surface area contributed by atoms with Gasteiger partial charge in [-0.2, -0.15) is 0 Å². The van der Waals surface area contributed by atoms with Crippen LogP contribution in [-0.2, 0) is 11.2 Å². The Bertz CT molecular complexity index is 306. The molecule has 0 aliphatic heterocycles. The molecule has 4 nitrogen and oxygen atoms in total. The quantitative estimate of drug-likeness (QED) is 0.588. The topological polar surface area (TPSA) is 60.2 Å². The third-order valence-electron chi connectivity index (χ3n) is 2.36. The van der Waals surface area contributed by atoms with Crippen LogP contribution in [0.3, 0.4) is 0 Å². The van der Waals surface area contributed by atoms with Crippen LogP contribution in [0.4, 0.5) is 0 Å². The first-order chi connectivity index (χ1) is 7.52. The first kappa shape index (κ1) is 13.6. The number of hydrogen-bond acceptors (Lipinski definition) is 5. The number of hydrazine groups is 1. The molecule has 92 valence electrons. The molecule has 0 radical (unpaired) electrons. The van der Waals surface area contributed by atoms with Crippen LogP contribution in [0.1, 0.15) is 29.4 Å². The number of aromatic nitrogens is 1. The highest BCUT2D eigenvalue weighted by molar-refractivity contribution is 7.11. The zero-order chi connectivity index (χ0) is 12.1. The number of aryl methyl sites for hydroxylation is 2. The lowest BCUT2D eigenvalue weighted by Gasteiger charge is -2.16. The molecule has 0 fully saturated rings. The van der Waals surface area contributed by atoms with Gasteiger partial charge in [-0.3, -0.25) is 11.3 Å². The Hall–Kier alpha value is -0.490. The Balaban J connectivity index is 2.49. The van der Waals surface area contributed by atoms with Crippen LogP contribution >= 0.6 is 11.3 Å². The van der Waals surface area contributed by atoms with Gasteiger partial charge in [0.05, 0.1) is 29.5 Å². The molecule has 1 aromatic rings. The summed E-state index contributed by atoms with van der Waals surface area (Å²) in [6.07, 6.45) is 1.05. The lowest BCUT2D eigenvalue weighted by atomic mass is 10.2. The van der Waals surface area contributed by atoms with E-state index in [2.05, 4.69) is 17.3 Å². The fourth-order valence-corrected chi connectivity index (χ4v) is 2.33. The van der Waals surface area contributed by atoms with Crippen LogP contribution in [0.2, 0.25) is 0 Å². The van der Waals surface area contributed by atoms with Gasteiger partial charge in [0.2, 0.25) is 0 Å². The van der Waals surface area contributed by atoms with Gasteiger partial charge in [-0.05, 0) is 27.7 Å². The molecule has 0 aromatic carbocycles. The van der Waals surface area contributed by atoms with Crippen molar-refractivity contribution in [2.45, 2.75) is 46.3 Å². The van der Waals surface area contributed by atoms with Crippen LogP contribution in [0.5, 0.6) is 0 Å². The first-order valence-corrected chi connectivity index (χ1v) is 6.35. The van der Waals surface area contributed by atoms with E-state index in [4.69, 9.17) is 10.6 Å². The van der Waals surface area contributed by atoms with Crippen LogP contribution in [0, 0.1) is 13.8 Å². The van der Waals surface area contributed by atoms with Gasteiger partial charge < -0.3 is 4.74 Å². The molecule has 16 heavy (non-hydrogen) atoms. The zero-order valence-corrected chi connectivity index (χ0v) is 11.2. The van der Waals surface area contributed by atoms with E-state index in [0.29, 0.717) is 6.61 Å². The standard InChI is InChI=1S/C11H21N3OS/c1-7(2)15-6-10(14-12)5-11-13-8(3)9(4)16-11/h7,10,14H,5-6,12H2,1-4H3. The molecule has 0 bridgehead atoms. The number of rotatable bonds is 6. The van der Waals surface area contributed by atoms with Gasteiger partial charge >= 0.3 is 0 Å². The highest BCUT2D eigenvalue weighted by Gasteiger charge is 2.12. The second-order valence-electron chi connectivity index (χ2n) is 4.20. The molecule has 1 unspecified atom stereocenters. The molecule has 1 heterocycles. The Morgan fingerprint density at radius 1 is 1.44 bits per heavy atom. The molecule has 1 rings (SSSR count). The summed E-state index contributed by atoms with van der Waals surface area (Å²) in [5, 5.41) is 1.12. The molecule has 0 spiro atoms. The van der Waals surface area contributed by atoms with E-state index >= 15 is 0 Å². The summed E-state index contributed by atoms with van der Waals surface area (Å²) in [5.74, 6) is 5.50. The Labute approximate surface area is 101 Å². The monoisotopic (exact) mass is 243 g/mol. The van der Waals surface area contributed by atoms with Crippen LogP contribution in [-0.4, -0.2) is 23.7 Å². The summed E-state index contributed by atoms with van der Waals surface area (Å²) in [7, 11) is 0. The van der Waals surface area contributed by atoms with E-state index in [0.717, 1.165) is 17.1 Å². The highest BCUT2D eigenvalue weighted by Crippen LogP contribution is 2.17. The van der Waals surface area contributed by atoms with Gasteiger partial charge in [0, 0.05) is 11.3 Å². The largest absolute Gasteiger partial charge is 0.377 e. The maximum Gasteiger partial charge on any atom is 0.0947 e. The minimum Gasteiger partial charge on any atom is -0.377 e. The summed E-state index contributed by atoms with van der Waals surface area (Å²) in [4.78, 5) is 5.77. The minimum atomic E-state index is 0.132.